The van der Waals surface area contributed by atoms with Crippen LogP contribution in [0.2, 0.25) is 0 Å². The molecule has 0 aliphatic heterocycles. The standard InChI is InChI=1S/C13H9N3O2S3/c17-10(16-11(18)9-2-1-4-19-9)6-21-13-8-3-5-20-12(8)14-7-15-13/h1-5,7H,6H2,(H,16,17,18). The SMILES string of the molecule is O=C(CSc1ncnc2sccc12)NC(=O)c1cccs1. The van der Waals surface area contributed by atoms with Gasteiger partial charge in [-0.1, -0.05) is 17.8 Å². The van der Waals surface area contributed by atoms with Gasteiger partial charge in [-0.15, -0.1) is 22.7 Å². The summed E-state index contributed by atoms with van der Waals surface area (Å²) >= 11 is 4.12. The van der Waals surface area contributed by atoms with Crippen LogP contribution in [0, 0.1) is 0 Å². The topological polar surface area (TPSA) is 72.0 Å². The van der Waals surface area contributed by atoms with Gasteiger partial charge in [0.15, 0.2) is 0 Å². The van der Waals surface area contributed by atoms with Crippen LogP contribution in [0.5, 0.6) is 0 Å². The maximum absolute atomic E-state index is 11.8. The Morgan fingerprint density at radius 2 is 2.10 bits per heavy atom. The van der Waals surface area contributed by atoms with Gasteiger partial charge >= 0.3 is 0 Å². The van der Waals surface area contributed by atoms with E-state index in [1.54, 1.807) is 17.5 Å². The number of nitrogens with one attached hydrogen (secondary N) is 1. The lowest BCUT2D eigenvalue weighted by Crippen LogP contribution is -2.31. The maximum atomic E-state index is 11.8. The lowest BCUT2D eigenvalue weighted by molar-refractivity contribution is -0.117. The summed E-state index contributed by atoms with van der Waals surface area (Å²) < 4.78 is 0. The second kappa shape index (κ2) is 6.33. The van der Waals surface area contributed by atoms with Gasteiger partial charge in [-0.2, -0.15) is 0 Å². The smallest absolute Gasteiger partial charge is 0.267 e. The van der Waals surface area contributed by atoms with Crippen molar-refractivity contribution in [2.45, 2.75) is 5.03 Å². The highest BCUT2D eigenvalue weighted by molar-refractivity contribution is 8.00. The Labute approximate surface area is 132 Å². The molecule has 0 aromatic carbocycles. The van der Waals surface area contributed by atoms with Crippen LogP contribution in [0.1, 0.15) is 9.67 Å². The first kappa shape index (κ1) is 14.2. The molecule has 0 aliphatic carbocycles. The first-order chi connectivity index (χ1) is 10.2. The number of carbonyl (C=O) groups excluding carboxylic acids is 2. The Morgan fingerprint density at radius 3 is 2.90 bits per heavy atom. The van der Waals surface area contributed by atoms with Crippen molar-refractivity contribution in [2.75, 3.05) is 5.75 Å². The van der Waals surface area contributed by atoms with Crippen molar-refractivity contribution in [3.05, 3.63) is 40.2 Å². The summed E-state index contributed by atoms with van der Waals surface area (Å²) in [5.41, 5.74) is 0. The molecule has 8 heteroatoms. The molecule has 21 heavy (non-hydrogen) atoms. The summed E-state index contributed by atoms with van der Waals surface area (Å²) in [6.07, 6.45) is 1.48. The van der Waals surface area contributed by atoms with Crippen molar-refractivity contribution < 1.29 is 9.59 Å². The Kier molecular flexibility index (Phi) is 4.28. The van der Waals surface area contributed by atoms with Crippen molar-refractivity contribution in [3.63, 3.8) is 0 Å². The molecule has 0 radical (unpaired) electrons. The molecule has 2 amide bonds. The van der Waals surface area contributed by atoms with Crippen LogP contribution in [-0.4, -0.2) is 27.5 Å². The molecule has 0 bridgehead atoms. The molecule has 0 saturated carbocycles. The molecule has 106 valence electrons. The fraction of sp³-hybridized carbons (Fsp3) is 0.0769. The summed E-state index contributed by atoms with van der Waals surface area (Å²) in [4.78, 5) is 33.3. The second-order valence-electron chi connectivity index (χ2n) is 3.96. The van der Waals surface area contributed by atoms with Crippen LogP contribution in [0.25, 0.3) is 10.2 Å². The zero-order chi connectivity index (χ0) is 14.7. The van der Waals surface area contributed by atoms with E-state index in [2.05, 4.69) is 15.3 Å². The Morgan fingerprint density at radius 1 is 1.19 bits per heavy atom. The fourth-order valence-electron chi connectivity index (χ4n) is 1.65. The first-order valence-electron chi connectivity index (χ1n) is 5.93. The number of carbonyl (C=O) groups is 2. The third-order valence-electron chi connectivity index (χ3n) is 2.56. The number of aromatic nitrogens is 2. The second-order valence-corrected chi connectivity index (χ2v) is 6.77. The van der Waals surface area contributed by atoms with Gasteiger partial charge in [0.1, 0.15) is 16.2 Å². The highest BCUT2D eigenvalue weighted by Crippen LogP contribution is 2.27. The van der Waals surface area contributed by atoms with E-state index < -0.39 is 0 Å². The number of hydrogen-bond donors (Lipinski definition) is 1. The van der Waals surface area contributed by atoms with Crippen LogP contribution in [0.4, 0.5) is 0 Å². The van der Waals surface area contributed by atoms with E-state index in [9.17, 15) is 9.59 Å². The molecular formula is C13H9N3O2S3. The van der Waals surface area contributed by atoms with Crippen molar-refractivity contribution in [3.8, 4) is 0 Å². The van der Waals surface area contributed by atoms with Gasteiger partial charge in [0, 0.05) is 5.39 Å². The van der Waals surface area contributed by atoms with E-state index in [1.165, 1.54) is 40.8 Å². The molecule has 5 nitrogen and oxygen atoms in total. The van der Waals surface area contributed by atoms with Crippen LogP contribution in [0.3, 0.4) is 0 Å². The van der Waals surface area contributed by atoms with Crippen molar-refractivity contribution in [2.24, 2.45) is 0 Å². The lowest BCUT2D eigenvalue weighted by atomic mass is 10.4. The molecule has 0 spiro atoms. The average Bonchev–Trinajstić information content (AvgIpc) is 3.15. The molecule has 3 heterocycles. The number of imide groups is 1. The maximum Gasteiger partial charge on any atom is 0.267 e. The molecule has 0 atom stereocenters. The highest BCUT2D eigenvalue weighted by atomic mass is 32.2. The summed E-state index contributed by atoms with van der Waals surface area (Å²) in [6.45, 7) is 0. The van der Waals surface area contributed by atoms with E-state index in [0.29, 0.717) is 4.88 Å². The molecule has 0 aliphatic rings. The van der Waals surface area contributed by atoms with Crippen LogP contribution in [0.15, 0.2) is 40.3 Å². The number of fused-ring (bicyclic) bond motifs is 1. The minimum atomic E-state index is -0.362. The average molecular weight is 335 g/mol. The van der Waals surface area contributed by atoms with Gasteiger partial charge in [-0.05, 0) is 22.9 Å². The van der Waals surface area contributed by atoms with E-state index in [1.807, 2.05) is 11.4 Å². The van der Waals surface area contributed by atoms with Gasteiger partial charge in [-0.3, -0.25) is 14.9 Å². The van der Waals surface area contributed by atoms with E-state index >= 15 is 0 Å². The number of amides is 2. The Balaban J connectivity index is 1.61. The Bertz CT molecular complexity index is 783. The predicted molar refractivity (Wildman–Crippen MR) is 84.9 cm³/mol. The molecule has 0 unspecified atom stereocenters. The number of thiophene rings is 2. The zero-order valence-corrected chi connectivity index (χ0v) is 13.1. The largest absolute Gasteiger partial charge is 0.291 e. The van der Waals surface area contributed by atoms with Crippen molar-refractivity contribution >= 4 is 56.5 Å². The van der Waals surface area contributed by atoms with E-state index in [-0.39, 0.29) is 17.6 Å². The van der Waals surface area contributed by atoms with Gasteiger partial charge in [0.05, 0.1) is 10.6 Å². The third kappa shape index (κ3) is 3.29. The molecule has 3 aromatic rings. The van der Waals surface area contributed by atoms with E-state index in [4.69, 9.17) is 0 Å². The fourth-order valence-corrected chi connectivity index (χ4v) is 3.85. The number of hydrogen-bond acceptors (Lipinski definition) is 7. The molecule has 0 saturated heterocycles. The third-order valence-corrected chi connectivity index (χ3v) is 5.26. The quantitative estimate of drug-likeness (QED) is 0.586. The van der Waals surface area contributed by atoms with Crippen LogP contribution >= 0.6 is 34.4 Å². The van der Waals surface area contributed by atoms with Crippen molar-refractivity contribution in [1.82, 2.24) is 15.3 Å². The summed E-state index contributed by atoms with van der Waals surface area (Å²) in [5.74, 6) is -0.557. The highest BCUT2D eigenvalue weighted by Gasteiger charge is 2.13. The minimum absolute atomic E-state index is 0.138. The van der Waals surface area contributed by atoms with Gasteiger partial charge in [0.2, 0.25) is 5.91 Å². The number of nitrogens with zero attached hydrogens (tertiary/aromatic N) is 2. The lowest BCUT2D eigenvalue weighted by Gasteiger charge is -2.03. The molecule has 0 fully saturated rings. The molecule has 3 aromatic heterocycles. The van der Waals surface area contributed by atoms with Gasteiger partial charge in [0.25, 0.3) is 5.91 Å². The Hall–Kier alpha value is -1.77. The predicted octanol–water partition coefficient (Wildman–Crippen LogP) is 2.80. The minimum Gasteiger partial charge on any atom is -0.291 e. The van der Waals surface area contributed by atoms with E-state index in [0.717, 1.165) is 15.2 Å². The normalized spacial score (nSPS) is 10.7. The zero-order valence-electron chi connectivity index (χ0n) is 10.6. The van der Waals surface area contributed by atoms with Crippen LogP contribution in [-0.2, 0) is 4.79 Å². The van der Waals surface area contributed by atoms with Crippen LogP contribution < -0.4 is 5.32 Å². The van der Waals surface area contributed by atoms with Gasteiger partial charge in [-0.25, -0.2) is 9.97 Å². The number of thioether (sulfide) groups is 1. The summed E-state index contributed by atoms with van der Waals surface area (Å²) in [7, 11) is 0. The van der Waals surface area contributed by atoms with Gasteiger partial charge < -0.3 is 0 Å². The molecule has 1 N–H and O–H groups in total. The summed E-state index contributed by atoms with van der Waals surface area (Å²) in [5, 5.41) is 7.78. The molecule has 3 rings (SSSR count). The molecular weight excluding hydrogens is 326 g/mol. The summed E-state index contributed by atoms with van der Waals surface area (Å²) in [6, 6.07) is 5.38. The van der Waals surface area contributed by atoms with Crippen molar-refractivity contribution in [1.29, 1.82) is 0 Å². The number of rotatable bonds is 4. The first-order valence-corrected chi connectivity index (χ1v) is 8.67. The monoisotopic (exact) mass is 335 g/mol.